The number of aliphatic hydroxyl groups excluding tert-OH is 1. The zero-order chi connectivity index (χ0) is 30.4. The predicted octanol–water partition coefficient (Wildman–Crippen LogP) is 3.56. The Morgan fingerprint density at radius 2 is 1.74 bits per heavy atom. The summed E-state index contributed by atoms with van der Waals surface area (Å²) in [5, 5.41) is 16.6. The number of carbonyl (C=O) groups is 3. The molecule has 0 spiro atoms. The molecule has 3 rings (SSSR count). The van der Waals surface area contributed by atoms with Gasteiger partial charge in [-0.25, -0.2) is 4.79 Å². The van der Waals surface area contributed by atoms with Gasteiger partial charge in [-0.05, 0) is 61.5 Å². The summed E-state index contributed by atoms with van der Waals surface area (Å²) in [6, 6.07) is 6.79. The lowest BCUT2D eigenvalue weighted by Gasteiger charge is -2.38. The van der Waals surface area contributed by atoms with Gasteiger partial charge in [0, 0.05) is 43.8 Å². The third-order valence-corrected chi connectivity index (χ3v) is 8.96. The van der Waals surface area contributed by atoms with Crippen molar-refractivity contribution < 1.29 is 29.0 Å². The summed E-state index contributed by atoms with van der Waals surface area (Å²) >= 11 is 0. The number of anilines is 1. The second-order valence-corrected chi connectivity index (χ2v) is 13.1. The summed E-state index contributed by atoms with van der Waals surface area (Å²) in [5.41, 5.74) is 7.13. The van der Waals surface area contributed by atoms with E-state index in [2.05, 4.69) is 10.6 Å². The smallest absolute Gasteiger partial charge is 0.407 e. The molecule has 1 unspecified atom stereocenters. The van der Waals surface area contributed by atoms with E-state index in [4.69, 9.17) is 15.2 Å². The molecule has 0 bridgehead atoms. The van der Waals surface area contributed by atoms with E-state index >= 15 is 0 Å². The van der Waals surface area contributed by atoms with Gasteiger partial charge < -0.3 is 35.8 Å². The number of fused-ring (bicyclic) bond motifs is 1. The lowest BCUT2D eigenvalue weighted by atomic mass is 9.70. The fourth-order valence-corrected chi connectivity index (χ4v) is 6.29. The third kappa shape index (κ3) is 9.30. The second kappa shape index (κ2) is 15.4. The Morgan fingerprint density at radius 1 is 1.10 bits per heavy atom. The highest BCUT2D eigenvalue weighted by Gasteiger charge is 2.39. The summed E-state index contributed by atoms with van der Waals surface area (Å²) in [7, 11) is 3.05. The maximum absolute atomic E-state index is 13.6. The minimum absolute atomic E-state index is 0. The van der Waals surface area contributed by atoms with Crippen LogP contribution in [0.1, 0.15) is 71.8 Å². The number of halogens is 1. The highest BCUT2D eigenvalue weighted by molar-refractivity contribution is 5.95. The summed E-state index contributed by atoms with van der Waals surface area (Å²) in [5.74, 6) is 0.0867. The molecule has 42 heavy (non-hydrogen) atoms. The molecule has 2 aliphatic rings. The Hall–Kier alpha value is -2.40. The minimum Gasteiger partial charge on any atom is -0.453 e. The summed E-state index contributed by atoms with van der Waals surface area (Å²) in [6.45, 7) is 8.23. The van der Waals surface area contributed by atoms with Gasteiger partial charge in [0.25, 0.3) is 0 Å². The second-order valence-electron chi connectivity index (χ2n) is 13.1. The molecule has 238 valence electrons. The highest BCUT2D eigenvalue weighted by atomic mass is 35.5. The first-order valence-corrected chi connectivity index (χ1v) is 14.7. The van der Waals surface area contributed by atoms with Crippen LogP contribution in [0.3, 0.4) is 0 Å². The lowest BCUT2D eigenvalue weighted by molar-refractivity contribution is -0.134. The number of nitrogens with one attached hydrogen (secondary N) is 2. The number of nitrogens with zero attached hydrogens (tertiary/aromatic N) is 1. The van der Waals surface area contributed by atoms with Gasteiger partial charge in [-0.15, -0.1) is 12.4 Å². The first kappa shape index (κ1) is 35.8. The number of amides is 3. The molecule has 1 aliphatic carbocycles. The van der Waals surface area contributed by atoms with E-state index in [9.17, 15) is 19.5 Å². The van der Waals surface area contributed by atoms with Crippen molar-refractivity contribution in [2.45, 2.75) is 96.9 Å². The Kier molecular flexibility index (Phi) is 13.1. The Labute approximate surface area is 256 Å². The summed E-state index contributed by atoms with van der Waals surface area (Å²) in [4.78, 5) is 40.2. The number of hydrogen-bond donors (Lipinski definition) is 4. The first-order chi connectivity index (χ1) is 19.3. The highest BCUT2D eigenvalue weighted by Crippen LogP contribution is 2.39. The maximum atomic E-state index is 13.6. The number of benzene rings is 1. The Balaban J connectivity index is 0.00000616. The molecule has 0 aromatic heterocycles. The lowest BCUT2D eigenvalue weighted by Crippen LogP contribution is -2.51. The maximum Gasteiger partial charge on any atom is 0.407 e. The van der Waals surface area contributed by atoms with Crippen LogP contribution >= 0.6 is 12.4 Å². The fourth-order valence-electron chi connectivity index (χ4n) is 6.29. The molecule has 10 nitrogen and oxygen atoms in total. The Bertz CT molecular complexity index is 1060. The van der Waals surface area contributed by atoms with Crippen molar-refractivity contribution in [2.24, 2.45) is 22.5 Å². The van der Waals surface area contributed by atoms with E-state index in [1.54, 1.807) is 12.0 Å². The van der Waals surface area contributed by atoms with Crippen LogP contribution in [0.25, 0.3) is 0 Å². The molecule has 1 aromatic rings. The molecule has 5 N–H and O–H groups in total. The molecule has 1 heterocycles. The third-order valence-electron chi connectivity index (χ3n) is 8.96. The molecule has 3 atom stereocenters. The number of hydrogen-bond acceptors (Lipinski definition) is 7. The molecule has 0 radical (unpaired) electrons. The molecule has 0 saturated heterocycles. The van der Waals surface area contributed by atoms with Crippen molar-refractivity contribution in [2.75, 3.05) is 32.2 Å². The number of ether oxygens (including phenoxy) is 2. The van der Waals surface area contributed by atoms with Crippen LogP contribution < -0.4 is 21.3 Å². The minimum atomic E-state index is -0.947. The molecule has 11 heteroatoms. The zero-order valence-corrected chi connectivity index (χ0v) is 26.8. The predicted molar refractivity (Wildman–Crippen MR) is 166 cm³/mol. The van der Waals surface area contributed by atoms with E-state index in [0.29, 0.717) is 19.4 Å². The largest absolute Gasteiger partial charge is 0.453 e. The van der Waals surface area contributed by atoms with Gasteiger partial charge >= 0.3 is 6.09 Å². The van der Waals surface area contributed by atoms with Gasteiger partial charge in [0.05, 0.1) is 25.4 Å². The van der Waals surface area contributed by atoms with Gasteiger partial charge in [-0.1, -0.05) is 45.9 Å². The number of para-hydroxylation sites is 1. The van der Waals surface area contributed by atoms with Crippen LogP contribution in [-0.2, 0) is 25.5 Å². The van der Waals surface area contributed by atoms with E-state index in [1.807, 2.05) is 52.0 Å². The number of aliphatic hydroxyl groups is 1. The SMILES string of the molecule is COC(=O)NC1Cc2ccccc2N(C(=O)CC(C)(C)C[C@H](N)[C@@H](O)CNC(=O)C(C)(C)C2CCC(OC)CC2)C1.Cl. The van der Waals surface area contributed by atoms with Crippen LogP contribution in [0.4, 0.5) is 10.5 Å². The van der Waals surface area contributed by atoms with Crippen molar-refractivity contribution in [1.29, 1.82) is 0 Å². The van der Waals surface area contributed by atoms with Crippen molar-refractivity contribution in [1.82, 2.24) is 10.6 Å². The number of nitrogens with two attached hydrogens (primary N) is 1. The van der Waals surface area contributed by atoms with Gasteiger partial charge in [0.1, 0.15) is 0 Å². The molecule has 3 amide bonds. The standard InChI is InChI=1S/C31H50N4O6.ClH/c1-30(2,17-27(37)35-19-22(34-29(39)41-6)15-20-9-7-8-10-25(20)35)16-24(32)26(36)18-33-28(38)31(3,4)21-11-13-23(40-5)14-12-21;/h7-10,21-24,26,36H,11-19,32H2,1-6H3,(H,33,38)(H,34,39);1H/t21?,22?,23?,24-,26-;/m0./s1. The number of alkyl carbamates (subject to hydrolysis) is 1. The van der Waals surface area contributed by atoms with Gasteiger partial charge in [-0.2, -0.15) is 0 Å². The molecular weight excluding hydrogens is 560 g/mol. The molecule has 1 fully saturated rings. The zero-order valence-electron chi connectivity index (χ0n) is 26.0. The van der Waals surface area contributed by atoms with E-state index < -0.39 is 29.1 Å². The van der Waals surface area contributed by atoms with Crippen molar-refractivity contribution in [3.05, 3.63) is 29.8 Å². The average molecular weight is 611 g/mol. The van der Waals surface area contributed by atoms with Crippen LogP contribution in [0.15, 0.2) is 24.3 Å². The summed E-state index contributed by atoms with van der Waals surface area (Å²) < 4.78 is 10.2. The van der Waals surface area contributed by atoms with Gasteiger partial charge in [0.15, 0.2) is 0 Å². The van der Waals surface area contributed by atoms with Crippen LogP contribution in [0.2, 0.25) is 0 Å². The number of rotatable bonds is 11. The van der Waals surface area contributed by atoms with E-state index in [1.165, 1.54) is 7.11 Å². The number of carbonyl (C=O) groups excluding carboxylic acids is 3. The normalized spacial score (nSPS) is 22.2. The van der Waals surface area contributed by atoms with Crippen LogP contribution in [0, 0.1) is 16.7 Å². The van der Waals surface area contributed by atoms with Crippen LogP contribution in [-0.4, -0.2) is 74.6 Å². The first-order valence-electron chi connectivity index (χ1n) is 14.7. The number of methoxy groups -OCH3 is 2. The fraction of sp³-hybridized carbons (Fsp3) is 0.710. The molecule has 1 aliphatic heterocycles. The van der Waals surface area contributed by atoms with Gasteiger partial charge in [-0.3, -0.25) is 9.59 Å². The quantitative estimate of drug-likeness (QED) is 0.300. The molecule has 1 aromatic carbocycles. The Morgan fingerprint density at radius 3 is 2.36 bits per heavy atom. The monoisotopic (exact) mass is 610 g/mol. The van der Waals surface area contributed by atoms with Gasteiger partial charge in [0.2, 0.25) is 11.8 Å². The molecule has 1 saturated carbocycles. The topological polar surface area (TPSA) is 143 Å². The van der Waals surface area contributed by atoms with Crippen molar-refractivity contribution in [3.63, 3.8) is 0 Å². The van der Waals surface area contributed by atoms with Crippen molar-refractivity contribution in [3.8, 4) is 0 Å². The van der Waals surface area contributed by atoms with Crippen LogP contribution in [0.5, 0.6) is 0 Å². The van der Waals surface area contributed by atoms with Crippen molar-refractivity contribution >= 4 is 36.0 Å². The summed E-state index contributed by atoms with van der Waals surface area (Å²) in [6.07, 6.45) is 3.75. The molecular formula is C31H51ClN4O6. The average Bonchev–Trinajstić information content (AvgIpc) is 2.94. The van der Waals surface area contributed by atoms with E-state index in [0.717, 1.165) is 36.9 Å². The van der Waals surface area contributed by atoms with E-state index in [-0.39, 0.29) is 55.3 Å².